The second-order valence-corrected chi connectivity index (χ2v) is 17.3. The monoisotopic (exact) mass is 710 g/mol. The second-order valence-electron chi connectivity index (χ2n) is 7.24. The van der Waals surface area contributed by atoms with Crippen LogP contribution in [0.2, 0.25) is 25.1 Å². The molecule has 0 saturated carbocycles. The van der Waals surface area contributed by atoms with E-state index >= 15 is 0 Å². The second kappa shape index (κ2) is 9.30. The van der Waals surface area contributed by atoms with E-state index in [1.54, 1.807) is 0 Å². The minimum absolute atomic E-state index is 0.673. The first-order chi connectivity index (χ1) is 15.5. The molecule has 0 nitrogen and oxygen atoms in total. The molecule has 6 heteroatoms. The van der Waals surface area contributed by atoms with Gasteiger partial charge in [-0.05, 0) is 0 Å². The molecule has 1 aromatic rings. The first kappa shape index (κ1) is 22.7. The van der Waals surface area contributed by atoms with Gasteiger partial charge in [0.2, 0.25) is 0 Å². The van der Waals surface area contributed by atoms with Crippen LogP contribution in [-0.2, 0) is 0 Å². The normalized spacial score (nSPS) is 11.6. The Kier molecular flexibility index (Phi) is 6.61. The molecular formula is C26H14BiCl5. The van der Waals surface area contributed by atoms with Crippen molar-refractivity contribution >= 4 is 89.6 Å². The van der Waals surface area contributed by atoms with Crippen LogP contribution in [0.1, 0.15) is 0 Å². The number of rotatable bonds is 3. The van der Waals surface area contributed by atoms with Gasteiger partial charge in [0.05, 0.1) is 0 Å². The van der Waals surface area contributed by atoms with E-state index in [1.807, 2.05) is 72.8 Å². The van der Waals surface area contributed by atoms with E-state index in [-0.39, 0.29) is 0 Å². The van der Waals surface area contributed by atoms with Gasteiger partial charge in [-0.15, -0.1) is 0 Å². The number of hydrogen-bond donors (Lipinski definition) is 0. The maximum absolute atomic E-state index is 7.03. The van der Waals surface area contributed by atoms with Gasteiger partial charge in [0, 0.05) is 0 Å². The van der Waals surface area contributed by atoms with Gasteiger partial charge in [-0.2, -0.15) is 0 Å². The maximum atomic E-state index is 7.03. The molecule has 0 atom stereocenters. The fraction of sp³-hybridized carbons (Fsp3) is 0. The molecule has 0 aromatic heterocycles. The Hall–Kier alpha value is -1.05. The molecule has 0 unspecified atom stereocenters. The first-order valence-electron chi connectivity index (χ1n) is 9.76. The molecule has 0 aliphatic heterocycles. The van der Waals surface area contributed by atoms with Crippen molar-refractivity contribution in [2.45, 2.75) is 0 Å². The van der Waals surface area contributed by atoms with Crippen molar-refractivity contribution in [3.63, 3.8) is 0 Å². The summed E-state index contributed by atoms with van der Waals surface area (Å²) in [5, 5.41) is 3.38. The number of benzene rings is 1. The average molecular weight is 713 g/mol. The van der Waals surface area contributed by atoms with Crippen LogP contribution in [0.15, 0.2) is 84.9 Å². The van der Waals surface area contributed by atoms with Crippen LogP contribution < -0.4 is 9.81 Å². The molecule has 0 fully saturated rings. The summed E-state index contributed by atoms with van der Waals surface area (Å²) in [5.41, 5.74) is 3.72. The van der Waals surface area contributed by atoms with Crippen molar-refractivity contribution in [3.05, 3.63) is 110 Å². The molecule has 0 heterocycles. The standard InChI is InChI=1S/2C10H5Cl2.C6H4Cl.Bi/c2*11-9-6-10(12)8-5-3-1-2-4-7(8)9;7-6-4-2-1-3-5-6;/h2*1-5H;2-5H;. The van der Waals surface area contributed by atoms with Crippen molar-refractivity contribution in [2.75, 3.05) is 0 Å². The third kappa shape index (κ3) is 3.82. The summed E-state index contributed by atoms with van der Waals surface area (Å²) in [5.74, 6) is 0. The predicted molar refractivity (Wildman–Crippen MR) is 142 cm³/mol. The van der Waals surface area contributed by atoms with Crippen molar-refractivity contribution in [1.29, 1.82) is 0 Å². The zero-order valence-corrected chi connectivity index (χ0v) is 23.7. The number of hydrogen-bond acceptors (Lipinski definition) is 0. The molecule has 1 aromatic carbocycles. The average Bonchev–Trinajstić information content (AvgIpc) is 3.05. The molecule has 4 aliphatic carbocycles. The first-order valence-corrected chi connectivity index (χ1v) is 16.9. The van der Waals surface area contributed by atoms with Crippen molar-refractivity contribution < 1.29 is 0 Å². The predicted octanol–water partition coefficient (Wildman–Crippen LogP) is 7.68. The number of halogens is 5. The third-order valence-corrected chi connectivity index (χ3v) is 19.5. The van der Waals surface area contributed by atoms with Gasteiger partial charge in [-0.3, -0.25) is 0 Å². The Morgan fingerprint density at radius 2 is 0.750 bits per heavy atom. The zero-order valence-electron chi connectivity index (χ0n) is 16.4. The minimum atomic E-state index is -3.16. The van der Waals surface area contributed by atoms with Gasteiger partial charge in [-0.1, -0.05) is 0 Å². The van der Waals surface area contributed by atoms with E-state index in [0.29, 0.717) is 25.1 Å². The van der Waals surface area contributed by atoms with E-state index < -0.39 is 21.8 Å². The van der Waals surface area contributed by atoms with Gasteiger partial charge in [0.15, 0.2) is 0 Å². The molecule has 4 aliphatic rings. The van der Waals surface area contributed by atoms with Gasteiger partial charge >= 0.3 is 222 Å². The molecule has 5 rings (SSSR count). The van der Waals surface area contributed by atoms with Gasteiger partial charge in [0.1, 0.15) is 0 Å². The molecule has 158 valence electrons. The van der Waals surface area contributed by atoms with Crippen molar-refractivity contribution in [2.24, 2.45) is 0 Å². The summed E-state index contributed by atoms with van der Waals surface area (Å²) in [4.78, 5) is 0. The zero-order chi connectivity index (χ0) is 22.4. The summed E-state index contributed by atoms with van der Waals surface area (Å²) in [6.45, 7) is 0. The van der Waals surface area contributed by atoms with Gasteiger partial charge in [0.25, 0.3) is 0 Å². The molecule has 0 radical (unpaired) electrons. The van der Waals surface area contributed by atoms with Crippen LogP contribution in [0.3, 0.4) is 0 Å². The summed E-state index contributed by atoms with van der Waals surface area (Å²) in [6, 6.07) is 27.7. The molecule has 0 amide bonds. The Morgan fingerprint density at radius 1 is 0.406 bits per heavy atom. The summed E-state index contributed by atoms with van der Waals surface area (Å²) in [7, 11) is 0. The Labute approximate surface area is 220 Å². The Morgan fingerprint density at radius 3 is 1.09 bits per heavy atom. The van der Waals surface area contributed by atoms with Gasteiger partial charge in [-0.25, -0.2) is 0 Å². The van der Waals surface area contributed by atoms with Crippen molar-refractivity contribution in [3.8, 4) is 22.3 Å². The fourth-order valence-corrected chi connectivity index (χ4v) is 17.7. The van der Waals surface area contributed by atoms with Crippen molar-refractivity contribution in [1.82, 2.24) is 0 Å². The molecule has 0 N–H and O–H groups in total. The summed E-state index contributed by atoms with van der Waals surface area (Å²) >= 11 is 31.2. The quantitative estimate of drug-likeness (QED) is 0.169. The van der Waals surface area contributed by atoms with E-state index in [9.17, 15) is 0 Å². The SMILES string of the molecule is Clc1cc[c]([Bi]([c]2c(Cl)c3cccccc-3c2Cl)[c]2c(Cl)c3cccccc-3c2Cl)cc1. The van der Waals surface area contributed by atoms with E-state index in [4.69, 9.17) is 58.0 Å². The van der Waals surface area contributed by atoms with Crippen LogP contribution in [0, 0.1) is 0 Å². The fourth-order valence-electron chi connectivity index (χ4n) is 3.92. The van der Waals surface area contributed by atoms with Crippen LogP contribution in [0.4, 0.5) is 0 Å². The Balaban J connectivity index is 1.88. The van der Waals surface area contributed by atoms with E-state index in [2.05, 4.69) is 12.1 Å². The molecule has 32 heavy (non-hydrogen) atoms. The summed E-state index contributed by atoms with van der Waals surface area (Å²) in [6.07, 6.45) is 0. The molecule has 0 bridgehead atoms. The number of fused-ring (bicyclic) bond motifs is 2. The van der Waals surface area contributed by atoms with Crippen LogP contribution >= 0.6 is 58.0 Å². The van der Waals surface area contributed by atoms with E-state index in [0.717, 1.165) is 32.1 Å². The van der Waals surface area contributed by atoms with Crippen LogP contribution in [-0.4, -0.2) is 21.8 Å². The Bertz CT molecular complexity index is 1220. The topological polar surface area (TPSA) is 0 Å². The third-order valence-electron chi connectivity index (χ3n) is 5.39. The summed E-state index contributed by atoms with van der Waals surface area (Å²) < 4.78 is 3.11. The van der Waals surface area contributed by atoms with E-state index in [1.165, 1.54) is 0 Å². The molecule has 0 spiro atoms. The van der Waals surface area contributed by atoms with Crippen LogP contribution in [0.25, 0.3) is 22.3 Å². The van der Waals surface area contributed by atoms with Gasteiger partial charge < -0.3 is 0 Å². The molecule has 0 saturated heterocycles. The van der Waals surface area contributed by atoms with Crippen LogP contribution in [0.5, 0.6) is 0 Å². The molecular weight excluding hydrogens is 699 g/mol.